The number of carbonyl (C=O) groups excluding carboxylic acids is 1. The number of hydrogen-bond donors (Lipinski definition) is 0. The van der Waals surface area contributed by atoms with E-state index >= 15 is 0 Å². The lowest BCUT2D eigenvalue weighted by atomic mass is 10.0. The van der Waals surface area contributed by atoms with Gasteiger partial charge in [-0.2, -0.15) is 0 Å². The number of ketones is 1. The van der Waals surface area contributed by atoms with Crippen molar-refractivity contribution in [1.82, 2.24) is 0 Å². The van der Waals surface area contributed by atoms with Gasteiger partial charge in [0.05, 0.1) is 5.02 Å². The number of rotatable bonds is 4. The first-order valence-corrected chi connectivity index (χ1v) is 6.07. The predicted octanol–water partition coefficient (Wildman–Crippen LogP) is 4.29. The third kappa shape index (κ3) is 3.17. The maximum Gasteiger partial charge on any atom is 0.164 e. The monoisotopic (exact) mass is 262 g/mol. The van der Waals surface area contributed by atoms with Crippen molar-refractivity contribution in [1.29, 1.82) is 0 Å². The predicted molar refractivity (Wildman–Crippen MR) is 70.5 cm³/mol. The quantitative estimate of drug-likeness (QED) is 0.751. The standard InChI is InChI=1S/C15H12ClFO/c16-14-4-2-1-3-13(14)15(18)10-7-11-5-8-12(17)9-6-11/h1-6,8-9H,7,10H2. The van der Waals surface area contributed by atoms with E-state index in [2.05, 4.69) is 0 Å². The van der Waals surface area contributed by atoms with Crippen molar-refractivity contribution < 1.29 is 9.18 Å². The Kier molecular flexibility index (Phi) is 4.11. The number of aryl methyl sites for hydroxylation is 1. The van der Waals surface area contributed by atoms with E-state index in [9.17, 15) is 9.18 Å². The minimum absolute atomic E-state index is 0.00456. The first-order valence-electron chi connectivity index (χ1n) is 5.69. The molecule has 0 fully saturated rings. The largest absolute Gasteiger partial charge is 0.294 e. The molecule has 0 aliphatic heterocycles. The summed E-state index contributed by atoms with van der Waals surface area (Å²) in [5.41, 5.74) is 1.48. The van der Waals surface area contributed by atoms with Crippen molar-refractivity contribution in [3.05, 3.63) is 70.5 Å². The van der Waals surface area contributed by atoms with Gasteiger partial charge >= 0.3 is 0 Å². The highest BCUT2D eigenvalue weighted by molar-refractivity contribution is 6.33. The summed E-state index contributed by atoms with van der Waals surface area (Å²) in [5, 5.41) is 0.474. The van der Waals surface area contributed by atoms with Gasteiger partial charge in [-0.25, -0.2) is 4.39 Å². The summed E-state index contributed by atoms with van der Waals surface area (Å²) in [6, 6.07) is 13.2. The topological polar surface area (TPSA) is 17.1 Å². The molecular formula is C15H12ClFO. The van der Waals surface area contributed by atoms with Gasteiger partial charge in [-0.1, -0.05) is 35.9 Å². The summed E-state index contributed by atoms with van der Waals surface area (Å²) >= 11 is 5.95. The fourth-order valence-corrected chi connectivity index (χ4v) is 1.97. The van der Waals surface area contributed by atoms with Gasteiger partial charge in [-0.3, -0.25) is 4.79 Å². The maximum atomic E-state index is 12.7. The molecule has 0 atom stereocenters. The third-order valence-corrected chi connectivity index (χ3v) is 3.06. The summed E-state index contributed by atoms with van der Waals surface area (Å²) < 4.78 is 12.7. The van der Waals surface area contributed by atoms with Crippen molar-refractivity contribution in [2.75, 3.05) is 0 Å². The Morgan fingerprint density at radius 3 is 2.39 bits per heavy atom. The van der Waals surface area contributed by atoms with Crippen molar-refractivity contribution in [3.63, 3.8) is 0 Å². The molecule has 0 aliphatic carbocycles. The fraction of sp³-hybridized carbons (Fsp3) is 0.133. The Balaban J connectivity index is 2.01. The molecule has 18 heavy (non-hydrogen) atoms. The Morgan fingerprint density at radius 1 is 1.06 bits per heavy atom. The van der Waals surface area contributed by atoms with E-state index in [0.717, 1.165) is 5.56 Å². The Morgan fingerprint density at radius 2 is 1.72 bits per heavy atom. The van der Waals surface area contributed by atoms with Gasteiger partial charge in [-0.05, 0) is 36.2 Å². The molecule has 0 heterocycles. The van der Waals surface area contributed by atoms with E-state index in [0.29, 0.717) is 23.4 Å². The summed E-state index contributed by atoms with van der Waals surface area (Å²) in [5.74, 6) is -0.263. The minimum atomic E-state index is -0.267. The second kappa shape index (κ2) is 5.78. The molecule has 2 aromatic carbocycles. The zero-order chi connectivity index (χ0) is 13.0. The van der Waals surface area contributed by atoms with Gasteiger partial charge in [0.15, 0.2) is 5.78 Å². The summed E-state index contributed by atoms with van der Waals surface area (Å²) in [6.07, 6.45) is 0.958. The number of benzene rings is 2. The maximum absolute atomic E-state index is 12.7. The summed E-state index contributed by atoms with van der Waals surface area (Å²) in [6.45, 7) is 0. The van der Waals surface area contributed by atoms with E-state index in [1.807, 2.05) is 0 Å². The van der Waals surface area contributed by atoms with Crippen LogP contribution in [0, 0.1) is 5.82 Å². The van der Waals surface area contributed by atoms with Crippen LogP contribution in [0.3, 0.4) is 0 Å². The highest BCUT2D eigenvalue weighted by Gasteiger charge is 2.09. The van der Waals surface area contributed by atoms with Crippen molar-refractivity contribution in [3.8, 4) is 0 Å². The molecule has 0 spiro atoms. The lowest BCUT2D eigenvalue weighted by Crippen LogP contribution is -2.01. The molecule has 0 unspecified atom stereocenters. The van der Waals surface area contributed by atoms with Crippen LogP contribution in [-0.2, 0) is 6.42 Å². The van der Waals surface area contributed by atoms with Gasteiger partial charge in [0.25, 0.3) is 0 Å². The van der Waals surface area contributed by atoms with Crippen molar-refractivity contribution >= 4 is 17.4 Å². The molecule has 0 N–H and O–H groups in total. The van der Waals surface area contributed by atoms with Crippen LogP contribution in [0.15, 0.2) is 48.5 Å². The number of Topliss-reactive ketones (excluding diaryl/α,β-unsaturated/α-hetero) is 1. The highest BCUT2D eigenvalue weighted by Crippen LogP contribution is 2.17. The zero-order valence-electron chi connectivity index (χ0n) is 9.70. The lowest BCUT2D eigenvalue weighted by Gasteiger charge is -2.03. The molecule has 2 aromatic rings. The van der Waals surface area contributed by atoms with E-state index < -0.39 is 0 Å². The molecule has 0 aromatic heterocycles. The van der Waals surface area contributed by atoms with Gasteiger partial charge in [-0.15, -0.1) is 0 Å². The Bertz CT molecular complexity index is 549. The van der Waals surface area contributed by atoms with E-state index in [1.165, 1.54) is 12.1 Å². The van der Waals surface area contributed by atoms with Gasteiger partial charge in [0.1, 0.15) is 5.82 Å². The SMILES string of the molecule is O=C(CCc1ccc(F)cc1)c1ccccc1Cl. The van der Waals surface area contributed by atoms with Crippen molar-refractivity contribution in [2.45, 2.75) is 12.8 Å². The van der Waals surface area contributed by atoms with Crippen LogP contribution >= 0.6 is 11.6 Å². The van der Waals surface area contributed by atoms with Crippen LogP contribution in [0.1, 0.15) is 22.3 Å². The zero-order valence-corrected chi connectivity index (χ0v) is 10.5. The summed E-state index contributed by atoms with van der Waals surface area (Å²) in [7, 11) is 0. The minimum Gasteiger partial charge on any atom is -0.294 e. The molecule has 0 aliphatic rings. The van der Waals surface area contributed by atoms with Crippen LogP contribution in [0.5, 0.6) is 0 Å². The molecule has 0 saturated heterocycles. The Labute approximate surface area is 110 Å². The summed E-state index contributed by atoms with van der Waals surface area (Å²) in [4.78, 5) is 11.9. The first-order chi connectivity index (χ1) is 8.66. The van der Waals surface area contributed by atoms with E-state index in [-0.39, 0.29) is 11.6 Å². The van der Waals surface area contributed by atoms with Crippen LogP contribution in [0.4, 0.5) is 4.39 Å². The molecule has 3 heteroatoms. The van der Waals surface area contributed by atoms with Crippen molar-refractivity contribution in [2.24, 2.45) is 0 Å². The van der Waals surface area contributed by atoms with E-state index in [4.69, 9.17) is 11.6 Å². The molecule has 92 valence electrons. The normalized spacial score (nSPS) is 10.3. The third-order valence-electron chi connectivity index (χ3n) is 2.73. The molecular weight excluding hydrogens is 251 g/mol. The van der Waals surface area contributed by atoms with Crippen LogP contribution < -0.4 is 0 Å². The number of halogens is 2. The van der Waals surface area contributed by atoms with Gasteiger partial charge in [0, 0.05) is 12.0 Å². The number of carbonyl (C=O) groups is 1. The highest BCUT2D eigenvalue weighted by atomic mass is 35.5. The lowest BCUT2D eigenvalue weighted by molar-refractivity contribution is 0.0983. The number of hydrogen-bond acceptors (Lipinski definition) is 1. The molecule has 1 nitrogen and oxygen atoms in total. The van der Waals surface area contributed by atoms with Crippen LogP contribution in [-0.4, -0.2) is 5.78 Å². The molecule has 2 rings (SSSR count). The van der Waals surface area contributed by atoms with E-state index in [1.54, 1.807) is 36.4 Å². The van der Waals surface area contributed by atoms with Crippen LogP contribution in [0.2, 0.25) is 5.02 Å². The average molecular weight is 263 g/mol. The second-order valence-electron chi connectivity index (χ2n) is 4.03. The average Bonchev–Trinajstić information content (AvgIpc) is 2.38. The van der Waals surface area contributed by atoms with Gasteiger partial charge < -0.3 is 0 Å². The first kappa shape index (κ1) is 12.8. The fourth-order valence-electron chi connectivity index (χ4n) is 1.73. The van der Waals surface area contributed by atoms with Crippen LogP contribution in [0.25, 0.3) is 0 Å². The molecule has 0 saturated carbocycles. The molecule has 0 amide bonds. The smallest absolute Gasteiger partial charge is 0.164 e. The second-order valence-corrected chi connectivity index (χ2v) is 4.44. The Hall–Kier alpha value is -1.67. The molecule has 0 bridgehead atoms. The van der Waals surface area contributed by atoms with Gasteiger partial charge in [0.2, 0.25) is 0 Å². The molecule has 0 radical (unpaired) electrons.